The molecule has 0 radical (unpaired) electrons. The van der Waals surface area contributed by atoms with Gasteiger partial charge in [-0.15, -0.1) is 0 Å². The van der Waals surface area contributed by atoms with Crippen LogP contribution >= 0.6 is 0 Å². The van der Waals surface area contributed by atoms with Gasteiger partial charge < -0.3 is 18.9 Å². The number of ether oxygens (including phenoxy) is 4. The summed E-state index contributed by atoms with van der Waals surface area (Å²) in [6.45, 7) is 15.7. The average Bonchev–Trinajstić information content (AvgIpc) is 3.72. The zero-order valence-electron chi connectivity index (χ0n) is 22.2. The van der Waals surface area contributed by atoms with Crippen molar-refractivity contribution < 1.29 is 18.9 Å². The second-order valence-electron chi connectivity index (χ2n) is 12.3. The van der Waals surface area contributed by atoms with Crippen molar-refractivity contribution in [3.05, 3.63) is 0 Å². The first kappa shape index (κ1) is 25.9. The summed E-state index contributed by atoms with van der Waals surface area (Å²) in [5, 5.41) is 0. The van der Waals surface area contributed by atoms with Gasteiger partial charge >= 0.3 is 0 Å². The van der Waals surface area contributed by atoms with Crippen molar-refractivity contribution in [2.24, 2.45) is 35.0 Å². The summed E-state index contributed by atoms with van der Waals surface area (Å²) in [6.07, 6.45) is 14.6. The largest absolute Gasteiger partial charge is 0.375 e. The first-order chi connectivity index (χ1) is 16.0. The third kappa shape index (κ3) is 6.74. The zero-order chi connectivity index (χ0) is 23.4. The molecule has 4 heteroatoms. The van der Waals surface area contributed by atoms with E-state index >= 15 is 0 Å². The standard InChI is InChI=1S/C29H52O4/c1-6-9-21-14-23(11-12-27(21)32-18-25-16-30-25)29(4,5)24-13-20(8-3)28(22(15-24)10-7-2)33-19-26-17-31-26/h20-28H,6-19H2,1-5H3. The highest BCUT2D eigenvalue weighted by atomic mass is 16.6. The van der Waals surface area contributed by atoms with Gasteiger partial charge in [0.1, 0.15) is 12.2 Å². The fourth-order valence-electron chi connectivity index (χ4n) is 7.33. The molecule has 4 aliphatic rings. The minimum absolute atomic E-state index is 0.373. The van der Waals surface area contributed by atoms with Crippen LogP contribution in [0.3, 0.4) is 0 Å². The van der Waals surface area contributed by atoms with Crippen molar-refractivity contribution in [3.63, 3.8) is 0 Å². The van der Waals surface area contributed by atoms with Gasteiger partial charge in [-0.1, -0.05) is 53.9 Å². The third-order valence-corrected chi connectivity index (χ3v) is 9.74. The van der Waals surface area contributed by atoms with Gasteiger partial charge in [-0.2, -0.15) is 0 Å². The van der Waals surface area contributed by atoms with Gasteiger partial charge in [-0.3, -0.25) is 0 Å². The molecule has 2 saturated heterocycles. The Hall–Kier alpha value is -0.160. The van der Waals surface area contributed by atoms with E-state index in [4.69, 9.17) is 18.9 Å². The maximum absolute atomic E-state index is 6.54. The lowest BCUT2D eigenvalue weighted by atomic mass is 9.55. The smallest absolute Gasteiger partial charge is 0.104 e. The number of epoxide rings is 2. The van der Waals surface area contributed by atoms with Crippen molar-refractivity contribution in [2.45, 2.75) is 123 Å². The molecule has 0 spiro atoms. The predicted molar refractivity (Wildman–Crippen MR) is 133 cm³/mol. The van der Waals surface area contributed by atoms with Crippen LogP contribution in [0.15, 0.2) is 0 Å². The summed E-state index contributed by atoms with van der Waals surface area (Å²) < 4.78 is 23.8. The normalized spacial score (nSPS) is 41.2. The van der Waals surface area contributed by atoms with E-state index in [1.165, 1.54) is 64.2 Å². The number of rotatable bonds is 13. The first-order valence-electron chi connectivity index (χ1n) is 14.4. The summed E-state index contributed by atoms with van der Waals surface area (Å²) in [6, 6.07) is 0. The Bertz CT molecular complexity index is 584. The molecule has 2 saturated carbocycles. The lowest BCUT2D eigenvalue weighted by molar-refractivity contribution is -0.103. The Morgan fingerprint density at radius 3 is 1.91 bits per heavy atom. The van der Waals surface area contributed by atoms with E-state index in [2.05, 4.69) is 34.6 Å². The van der Waals surface area contributed by atoms with Crippen LogP contribution in [0.25, 0.3) is 0 Å². The fourth-order valence-corrected chi connectivity index (χ4v) is 7.33. The Balaban J connectivity index is 1.40. The molecule has 2 aliphatic heterocycles. The van der Waals surface area contributed by atoms with Crippen LogP contribution in [-0.4, -0.2) is 50.8 Å². The van der Waals surface area contributed by atoms with E-state index in [1.54, 1.807) is 0 Å². The quantitative estimate of drug-likeness (QED) is 0.286. The van der Waals surface area contributed by atoms with Crippen LogP contribution < -0.4 is 0 Å². The van der Waals surface area contributed by atoms with Gasteiger partial charge in [0.25, 0.3) is 0 Å². The highest BCUT2D eigenvalue weighted by molar-refractivity contribution is 4.97. The van der Waals surface area contributed by atoms with Gasteiger partial charge in [0.2, 0.25) is 0 Å². The third-order valence-electron chi connectivity index (χ3n) is 9.74. The Kier molecular flexibility index (Phi) is 9.20. The lowest BCUT2D eigenvalue weighted by Crippen LogP contribution is -2.47. The van der Waals surface area contributed by atoms with E-state index < -0.39 is 0 Å². The molecule has 4 fully saturated rings. The molecule has 9 unspecified atom stereocenters. The van der Waals surface area contributed by atoms with Gasteiger partial charge in [-0.25, -0.2) is 0 Å². The van der Waals surface area contributed by atoms with Crippen molar-refractivity contribution >= 4 is 0 Å². The number of hydrogen-bond acceptors (Lipinski definition) is 4. The van der Waals surface area contributed by atoms with Crippen molar-refractivity contribution in [3.8, 4) is 0 Å². The van der Waals surface area contributed by atoms with Crippen LogP contribution in [0.4, 0.5) is 0 Å². The van der Waals surface area contributed by atoms with Crippen molar-refractivity contribution in [1.29, 1.82) is 0 Å². The zero-order valence-corrected chi connectivity index (χ0v) is 22.2. The topological polar surface area (TPSA) is 43.5 Å². The summed E-state index contributed by atoms with van der Waals surface area (Å²) in [5.74, 6) is 3.75. The van der Waals surface area contributed by atoms with E-state index in [-0.39, 0.29) is 0 Å². The Labute approximate surface area is 203 Å². The molecule has 192 valence electrons. The summed E-state index contributed by atoms with van der Waals surface area (Å²) in [5.41, 5.74) is 0.389. The van der Waals surface area contributed by atoms with E-state index in [1.807, 2.05) is 0 Å². The van der Waals surface area contributed by atoms with Crippen LogP contribution in [0.2, 0.25) is 0 Å². The summed E-state index contributed by atoms with van der Waals surface area (Å²) in [4.78, 5) is 0. The molecule has 2 aliphatic carbocycles. The van der Waals surface area contributed by atoms with Crippen LogP contribution in [0.1, 0.15) is 98.8 Å². The molecule has 4 nitrogen and oxygen atoms in total. The molecule has 0 N–H and O–H groups in total. The second-order valence-corrected chi connectivity index (χ2v) is 12.3. The summed E-state index contributed by atoms with van der Waals surface area (Å²) in [7, 11) is 0. The minimum Gasteiger partial charge on any atom is -0.375 e. The molecule has 0 aromatic carbocycles. The maximum atomic E-state index is 6.54. The molecule has 9 atom stereocenters. The van der Waals surface area contributed by atoms with E-state index in [9.17, 15) is 0 Å². The Morgan fingerprint density at radius 2 is 1.30 bits per heavy atom. The van der Waals surface area contributed by atoms with E-state index in [0.717, 1.165) is 44.2 Å². The highest BCUT2D eigenvalue weighted by Crippen LogP contribution is 2.53. The van der Waals surface area contributed by atoms with Crippen molar-refractivity contribution in [1.82, 2.24) is 0 Å². The lowest BCUT2D eigenvalue weighted by Gasteiger charge is -2.52. The molecule has 0 bridgehead atoms. The molecule has 0 aromatic rings. The van der Waals surface area contributed by atoms with Gasteiger partial charge in [-0.05, 0) is 80.0 Å². The number of hydrogen-bond donors (Lipinski definition) is 0. The van der Waals surface area contributed by atoms with Crippen LogP contribution in [-0.2, 0) is 18.9 Å². The van der Waals surface area contributed by atoms with Crippen LogP contribution in [0, 0.1) is 35.0 Å². The van der Waals surface area contributed by atoms with Gasteiger partial charge in [0.05, 0.1) is 38.6 Å². The summed E-state index contributed by atoms with van der Waals surface area (Å²) >= 11 is 0. The molecule has 0 amide bonds. The second kappa shape index (κ2) is 11.7. The molecule has 2 heterocycles. The van der Waals surface area contributed by atoms with Gasteiger partial charge in [0, 0.05) is 0 Å². The minimum atomic E-state index is 0.373. The maximum Gasteiger partial charge on any atom is 0.104 e. The molecule has 4 rings (SSSR count). The average molecular weight is 465 g/mol. The highest BCUT2D eigenvalue weighted by Gasteiger charge is 2.47. The molecule has 33 heavy (non-hydrogen) atoms. The molecular weight excluding hydrogens is 412 g/mol. The SMILES string of the molecule is CCCC1CC(C(C)(C)C2CC(CC)C(OCC3CO3)C(CCC)C2)CCC1OCC1CO1. The Morgan fingerprint density at radius 1 is 0.727 bits per heavy atom. The van der Waals surface area contributed by atoms with Crippen molar-refractivity contribution in [2.75, 3.05) is 26.4 Å². The molecule has 0 aromatic heterocycles. The first-order valence-corrected chi connectivity index (χ1v) is 14.4. The van der Waals surface area contributed by atoms with E-state index in [0.29, 0.717) is 41.7 Å². The predicted octanol–water partition coefficient (Wildman–Crippen LogP) is 6.65. The van der Waals surface area contributed by atoms with Crippen LogP contribution in [0.5, 0.6) is 0 Å². The fraction of sp³-hybridized carbons (Fsp3) is 1.00. The van der Waals surface area contributed by atoms with Gasteiger partial charge in [0.15, 0.2) is 0 Å². The molecular formula is C29H52O4. The monoisotopic (exact) mass is 464 g/mol.